The maximum absolute atomic E-state index is 6.29. The van der Waals surface area contributed by atoms with Crippen LogP contribution in [0.3, 0.4) is 0 Å². The van der Waals surface area contributed by atoms with Gasteiger partial charge in [-0.2, -0.15) is 5.10 Å². The lowest BCUT2D eigenvalue weighted by molar-refractivity contribution is 0.00578. The van der Waals surface area contributed by atoms with Gasteiger partial charge >= 0.3 is 7.12 Å². The van der Waals surface area contributed by atoms with Crippen LogP contribution in [0.5, 0.6) is 5.88 Å². The molecule has 2 aliphatic carbocycles. The highest BCUT2D eigenvalue weighted by Gasteiger charge is 2.51. The third-order valence-corrected chi connectivity index (χ3v) is 8.59. The number of ether oxygens (including phenoxy) is 1. The van der Waals surface area contributed by atoms with Crippen molar-refractivity contribution < 1.29 is 14.0 Å². The van der Waals surface area contributed by atoms with Crippen LogP contribution < -0.4 is 10.2 Å². The van der Waals surface area contributed by atoms with E-state index in [0.29, 0.717) is 17.6 Å². The predicted molar refractivity (Wildman–Crippen MR) is 143 cm³/mol. The third-order valence-electron chi connectivity index (χ3n) is 8.59. The minimum Gasteiger partial charge on any atom is -0.480 e. The monoisotopic (exact) mass is 510 g/mol. The summed E-state index contributed by atoms with van der Waals surface area (Å²) in [5, 5.41) is 5.67. The lowest BCUT2D eigenvalue weighted by Crippen LogP contribution is -2.41. The molecule has 1 aliphatic heterocycles. The average molecular weight is 510 g/mol. The van der Waals surface area contributed by atoms with Gasteiger partial charge < -0.3 is 14.0 Å². The first kappa shape index (κ1) is 23.7. The van der Waals surface area contributed by atoms with Crippen LogP contribution in [0.25, 0.3) is 22.4 Å². The van der Waals surface area contributed by atoms with Crippen molar-refractivity contribution in [1.82, 2.24) is 29.7 Å². The maximum atomic E-state index is 6.29. The molecular formula is C28H31BN6O3. The third kappa shape index (κ3) is 3.65. The summed E-state index contributed by atoms with van der Waals surface area (Å²) in [6.45, 7) is 8.33. The normalized spacial score (nSPS) is 21.7. The molecule has 0 unspecified atom stereocenters. The Bertz CT molecular complexity index is 1550. The van der Waals surface area contributed by atoms with Gasteiger partial charge in [-0.05, 0) is 70.0 Å². The van der Waals surface area contributed by atoms with Gasteiger partial charge in [-0.15, -0.1) is 0 Å². The molecular weight excluding hydrogens is 479 g/mol. The molecule has 10 heteroatoms. The molecule has 0 N–H and O–H groups in total. The Hall–Kier alpha value is -3.37. The second-order valence-corrected chi connectivity index (χ2v) is 11.6. The molecule has 1 saturated heterocycles. The Kier molecular flexibility index (Phi) is 5.19. The smallest absolute Gasteiger partial charge is 0.480 e. The highest BCUT2D eigenvalue weighted by atomic mass is 16.7. The van der Waals surface area contributed by atoms with E-state index in [-0.39, 0.29) is 24.4 Å². The van der Waals surface area contributed by atoms with Gasteiger partial charge in [0.15, 0.2) is 11.5 Å². The molecule has 38 heavy (non-hydrogen) atoms. The van der Waals surface area contributed by atoms with Gasteiger partial charge in [0, 0.05) is 12.1 Å². The summed E-state index contributed by atoms with van der Waals surface area (Å²) in [4.78, 5) is 18.6. The standard InChI is InChI=1S/C28H31BN6O3/c1-27(2)28(3,4)38-29(37-27)19-9-10-20-17(12-19)8-11-21(20)35-25-18(14-33-35)13-30-24(34-25)22-23(16-6-7-16)31-15-32-26(22)36-5/h9-10,12-16,21H,6-8,11H2,1-5H3/t21-/m0/s1. The summed E-state index contributed by atoms with van der Waals surface area (Å²) in [5.74, 6) is 1.49. The Labute approximate surface area is 222 Å². The molecule has 1 atom stereocenters. The first-order valence-electron chi connectivity index (χ1n) is 13.3. The van der Waals surface area contributed by atoms with Crippen molar-refractivity contribution in [1.29, 1.82) is 0 Å². The van der Waals surface area contributed by atoms with Gasteiger partial charge in [-0.25, -0.2) is 24.6 Å². The maximum Gasteiger partial charge on any atom is 0.494 e. The summed E-state index contributed by atoms with van der Waals surface area (Å²) in [6, 6.07) is 6.65. The van der Waals surface area contributed by atoms with Crippen LogP contribution in [0.15, 0.2) is 36.9 Å². The highest BCUT2D eigenvalue weighted by molar-refractivity contribution is 6.62. The summed E-state index contributed by atoms with van der Waals surface area (Å²) < 4.78 is 20.2. The lowest BCUT2D eigenvalue weighted by atomic mass is 9.78. The zero-order valence-electron chi connectivity index (χ0n) is 22.4. The molecule has 0 bridgehead atoms. The number of methoxy groups -OCH3 is 1. The van der Waals surface area contributed by atoms with Gasteiger partial charge in [0.05, 0.1) is 41.6 Å². The van der Waals surface area contributed by atoms with E-state index in [4.69, 9.17) is 24.1 Å². The van der Waals surface area contributed by atoms with Crippen molar-refractivity contribution in [3.8, 4) is 17.3 Å². The van der Waals surface area contributed by atoms with Crippen LogP contribution in [0, 0.1) is 0 Å². The summed E-state index contributed by atoms with van der Waals surface area (Å²) in [5.41, 5.74) is 5.43. The fourth-order valence-corrected chi connectivity index (χ4v) is 5.59. The molecule has 4 heterocycles. The first-order valence-corrected chi connectivity index (χ1v) is 13.3. The number of hydrogen-bond donors (Lipinski definition) is 0. The van der Waals surface area contributed by atoms with Crippen LogP contribution in [0.4, 0.5) is 0 Å². The fourth-order valence-electron chi connectivity index (χ4n) is 5.59. The molecule has 4 aromatic rings. The first-order chi connectivity index (χ1) is 18.3. The van der Waals surface area contributed by atoms with E-state index in [0.717, 1.165) is 53.4 Å². The van der Waals surface area contributed by atoms with Gasteiger partial charge in [0.1, 0.15) is 11.9 Å². The van der Waals surface area contributed by atoms with Crippen molar-refractivity contribution in [3.05, 3.63) is 53.7 Å². The molecule has 0 amide bonds. The van der Waals surface area contributed by atoms with Gasteiger partial charge in [-0.1, -0.05) is 18.2 Å². The molecule has 0 radical (unpaired) electrons. The van der Waals surface area contributed by atoms with Gasteiger partial charge in [-0.3, -0.25) is 0 Å². The molecule has 1 saturated carbocycles. The molecule has 194 valence electrons. The van der Waals surface area contributed by atoms with Crippen LogP contribution in [0.2, 0.25) is 0 Å². The molecule has 3 aromatic heterocycles. The minimum absolute atomic E-state index is 0.0921. The fraction of sp³-hybridized carbons (Fsp3) is 0.464. The number of fused-ring (bicyclic) bond motifs is 2. The molecule has 0 spiro atoms. The zero-order valence-corrected chi connectivity index (χ0v) is 22.4. The van der Waals surface area contributed by atoms with Crippen molar-refractivity contribution in [2.24, 2.45) is 0 Å². The Balaban J connectivity index is 1.25. The second kappa shape index (κ2) is 8.32. The number of benzene rings is 1. The number of rotatable bonds is 5. The van der Waals surface area contributed by atoms with E-state index in [1.807, 2.05) is 17.1 Å². The van der Waals surface area contributed by atoms with Crippen LogP contribution >= 0.6 is 0 Å². The molecule has 1 aromatic carbocycles. The van der Waals surface area contributed by atoms with E-state index in [1.165, 1.54) is 11.1 Å². The Morgan fingerprint density at radius 1 is 1.00 bits per heavy atom. The van der Waals surface area contributed by atoms with Gasteiger partial charge in [0.25, 0.3) is 0 Å². The summed E-state index contributed by atoms with van der Waals surface area (Å²) >= 11 is 0. The zero-order chi connectivity index (χ0) is 26.2. The predicted octanol–water partition coefficient (Wildman–Crippen LogP) is 4.00. The van der Waals surface area contributed by atoms with Crippen molar-refractivity contribution in [2.75, 3.05) is 7.11 Å². The van der Waals surface area contributed by atoms with E-state index < -0.39 is 0 Å². The van der Waals surface area contributed by atoms with E-state index in [1.54, 1.807) is 13.4 Å². The Morgan fingerprint density at radius 3 is 2.53 bits per heavy atom. The van der Waals surface area contributed by atoms with Crippen molar-refractivity contribution >= 4 is 23.6 Å². The number of aryl methyl sites for hydroxylation is 1. The van der Waals surface area contributed by atoms with Crippen LogP contribution in [-0.4, -0.2) is 55.1 Å². The van der Waals surface area contributed by atoms with Crippen LogP contribution in [-0.2, 0) is 15.7 Å². The molecule has 3 aliphatic rings. The number of aromatic nitrogens is 6. The molecule has 2 fully saturated rings. The van der Waals surface area contributed by atoms with E-state index >= 15 is 0 Å². The topological polar surface area (TPSA) is 97.1 Å². The lowest BCUT2D eigenvalue weighted by Gasteiger charge is -2.32. The minimum atomic E-state index is -0.367. The molecule has 9 nitrogen and oxygen atoms in total. The second-order valence-electron chi connectivity index (χ2n) is 11.6. The Morgan fingerprint density at radius 2 is 1.79 bits per heavy atom. The number of hydrogen-bond acceptors (Lipinski definition) is 8. The van der Waals surface area contributed by atoms with E-state index in [2.05, 4.69) is 60.8 Å². The molecule has 7 rings (SSSR count). The average Bonchev–Trinajstić information content (AvgIpc) is 3.47. The van der Waals surface area contributed by atoms with Crippen molar-refractivity contribution in [3.63, 3.8) is 0 Å². The quantitative estimate of drug-likeness (QED) is 0.372. The van der Waals surface area contributed by atoms with E-state index in [9.17, 15) is 0 Å². The SMILES string of the molecule is COc1ncnc(C2CC2)c1-c1ncc2cnn([C@H]3CCc4cc(B5OC(C)(C)C(C)(C)O5)ccc43)c2n1. The van der Waals surface area contributed by atoms with Gasteiger partial charge in [0.2, 0.25) is 5.88 Å². The summed E-state index contributed by atoms with van der Waals surface area (Å²) in [6.07, 6.45) is 9.37. The highest BCUT2D eigenvalue weighted by Crippen LogP contribution is 2.45. The van der Waals surface area contributed by atoms with Crippen LogP contribution in [0.1, 0.15) is 75.7 Å². The van der Waals surface area contributed by atoms with Crippen molar-refractivity contribution in [2.45, 2.75) is 76.5 Å². The number of nitrogens with zero attached hydrogens (tertiary/aromatic N) is 6. The summed E-state index contributed by atoms with van der Waals surface area (Å²) in [7, 11) is 1.26. The largest absolute Gasteiger partial charge is 0.494 e.